The van der Waals surface area contributed by atoms with Crippen molar-refractivity contribution in [3.8, 4) is 0 Å². The Kier molecular flexibility index (Phi) is 5.76. The first-order valence-corrected chi connectivity index (χ1v) is 5.98. The van der Waals surface area contributed by atoms with Crippen molar-refractivity contribution in [2.75, 3.05) is 0 Å². The minimum Gasteiger partial charge on any atom is -0.265 e. The quantitative estimate of drug-likeness (QED) is 0.622. The molecule has 15 heavy (non-hydrogen) atoms. The molecule has 0 bridgehead atoms. The van der Waals surface area contributed by atoms with Gasteiger partial charge in [-0.15, -0.1) is 0 Å². The molecule has 0 aromatic carbocycles. The summed E-state index contributed by atoms with van der Waals surface area (Å²) in [5.74, 6) is 0. The van der Waals surface area contributed by atoms with Gasteiger partial charge in [0.2, 0.25) is 0 Å². The van der Waals surface area contributed by atoms with E-state index in [9.17, 15) is 0 Å². The van der Waals surface area contributed by atoms with Crippen molar-refractivity contribution >= 4 is 5.57 Å². The van der Waals surface area contributed by atoms with Crippen LogP contribution >= 0.6 is 0 Å². The number of hydrogen-bond donors (Lipinski definition) is 0. The van der Waals surface area contributed by atoms with Gasteiger partial charge in [-0.1, -0.05) is 39.2 Å². The van der Waals surface area contributed by atoms with Crippen molar-refractivity contribution in [1.82, 2.24) is 4.98 Å². The van der Waals surface area contributed by atoms with E-state index in [1.54, 1.807) is 0 Å². The summed E-state index contributed by atoms with van der Waals surface area (Å²) in [7, 11) is 0. The highest BCUT2D eigenvalue weighted by molar-refractivity contribution is 5.64. The first kappa shape index (κ1) is 12.0. The third-order valence-electron chi connectivity index (χ3n) is 2.52. The zero-order valence-corrected chi connectivity index (χ0v) is 9.87. The number of pyridine rings is 1. The molecule has 82 valence electrons. The van der Waals surface area contributed by atoms with E-state index in [4.69, 9.17) is 0 Å². The lowest BCUT2D eigenvalue weighted by Crippen LogP contribution is -1.85. The molecule has 0 aliphatic heterocycles. The maximum atomic E-state index is 4.06. The van der Waals surface area contributed by atoms with Crippen molar-refractivity contribution in [1.29, 1.82) is 0 Å². The van der Waals surface area contributed by atoms with Crippen LogP contribution in [0.5, 0.6) is 0 Å². The maximum Gasteiger partial charge on any atom is 0.0273 e. The molecule has 0 spiro atoms. The Morgan fingerprint density at radius 2 is 1.93 bits per heavy atom. The van der Waals surface area contributed by atoms with Crippen molar-refractivity contribution < 1.29 is 0 Å². The summed E-state index contributed by atoms with van der Waals surface area (Å²) in [6.07, 6.45) is 12.3. The highest BCUT2D eigenvalue weighted by atomic mass is 14.6. The number of unbranched alkanes of at least 4 members (excludes halogenated alkanes) is 2. The van der Waals surface area contributed by atoms with Crippen molar-refractivity contribution in [2.24, 2.45) is 0 Å². The van der Waals surface area contributed by atoms with Crippen molar-refractivity contribution in [3.05, 3.63) is 36.2 Å². The van der Waals surface area contributed by atoms with Gasteiger partial charge in [0, 0.05) is 12.4 Å². The van der Waals surface area contributed by atoms with Gasteiger partial charge >= 0.3 is 0 Å². The molecule has 0 aliphatic carbocycles. The van der Waals surface area contributed by atoms with Crippen LogP contribution in [-0.2, 0) is 0 Å². The second-order valence-corrected chi connectivity index (χ2v) is 3.86. The predicted octanol–water partition coefficient (Wildman–Crippen LogP) is 4.46. The second-order valence-electron chi connectivity index (χ2n) is 3.86. The second kappa shape index (κ2) is 7.22. The number of nitrogens with zero attached hydrogens (tertiary/aromatic N) is 1. The van der Waals surface area contributed by atoms with Gasteiger partial charge in [0.15, 0.2) is 0 Å². The fourth-order valence-electron chi connectivity index (χ4n) is 1.68. The average molecular weight is 203 g/mol. The van der Waals surface area contributed by atoms with Crippen LogP contribution in [0.25, 0.3) is 5.57 Å². The van der Waals surface area contributed by atoms with E-state index in [0.717, 1.165) is 0 Å². The van der Waals surface area contributed by atoms with Gasteiger partial charge in [-0.05, 0) is 36.1 Å². The molecule has 0 saturated carbocycles. The van der Waals surface area contributed by atoms with E-state index in [0.29, 0.717) is 0 Å². The Balaban J connectivity index is 2.69. The molecular weight excluding hydrogens is 182 g/mol. The Labute approximate surface area is 93.2 Å². The van der Waals surface area contributed by atoms with Gasteiger partial charge in [-0.2, -0.15) is 0 Å². The van der Waals surface area contributed by atoms with Gasteiger partial charge in [0.05, 0.1) is 0 Å². The smallest absolute Gasteiger partial charge is 0.0273 e. The molecular formula is C14H21N. The van der Waals surface area contributed by atoms with E-state index < -0.39 is 0 Å². The van der Waals surface area contributed by atoms with Gasteiger partial charge < -0.3 is 0 Å². The Morgan fingerprint density at radius 3 is 2.53 bits per heavy atom. The number of hydrogen-bond acceptors (Lipinski definition) is 1. The monoisotopic (exact) mass is 203 g/mol. The van der Waals surface area contributed by atoms with Crippen LogP contribution in [0.1, 0.15) is 51.5 Å². The topological polar surface area (TPSA) is 12.9 Å². The minimum absolute atomic E-state index is 1.17. The normalized spacial score (nSPS) is 11.7. The molecule has 1 heterocycles. The first-order valence-electron chi connectivity index (χ1n) is 5.98. The molecule has 1 nitrogen and oxygen atoms in total. The summed E-state index contributed by atoms with van der Waals surface area (Å²) in [6, 6.07) is 4.21. The first-order chi connectivity index (χ1) is 7.38. The number of aromatic nitrogens is 1. The molecule has 1 heteroatoms. The Bertz CT molecular complexity index is 287. The van der Waals surface area contributed by atoms with Crippen LogP contribution in [0.4, 0.5) is 0 Å². The summed E-state index contributed by atoms with van der Waals surface area (Å²) in [4.78, 5) is 4.06. The lowest BCUT2D eigenvalue weighted by Gasteiger charge is -2.06. The van der Waals surface area contributed by atoms with Crippen LogP contribution in [0.15, 0.2) is 30.6 Å². The summed E-state index contributed by atoms with van der Waals surface area (Å²) >= 11 is 0. The molecule has 0 N–H and O–H groups in total. The SMILES string of the molecule is CCCC/C=C(\CCC)c1ccncc1. The average Bonchev–Trinajstić information content (AvgIpc) is 2.29. The van der Waals surface area contributed by atoms with Crippen molar-refractivity contribution in [2.45, 2.75) is 46.0 Å². The largest absolute Gasteiger partial charge is 0.265 e. The van der Waals surface area contributed by atoms with Crippen molar-refractivity contribution in [3.63, 3.8) is 0 Å². The molecule has 0 saturated heterocycles. The van der Waals surface area contributed by atoms with E-state index in [2.05, 4.69) is 37.0 Å². The molecule has 0 aliphatic rings. The molecule has 0 atom stereocenters. The van der Waals surface area contributed by atoms with E-state index in [1.807, 2.05) is 12.4 Å². The molecule has 0 radical (unpaired) electrons. The maximum absolute atomic E-state index is 4.06. The Morgan fingerprint density at radius 1 is 1.20 bits per heavy atom. The van der Waals surface area contributed by atoms with Crippen LogP contribution in [0.3, 0.4) is 0 Å². The summed E-state index contributed by atoms with van der Waals surface area (Å²) < 4.78 is 0. The van der Waals surface area contributed by atoms with Gasteiger partial charge in [0.1, 0.15) is 0 Å². The van der Waals surface area contributed by atoms with Gasteiger partial charge in [0.25, 0.3) is 0 Å². The van der Waals surface area contributed by atoms with Gasteiger partial charge in [-0.25, -0.2) is 0 Å². The van der Waals surface area contributed by atoms with Crippen LogP contribution in [0, 0.1) is 0 Å². The summed E-state index contributed by atoms with van der Waals surface area (Å²) in [6.45, 7) is 4.47. The minimum atomic E-state index is 1.17. The van der Waals surface area contributed by atoms with Gasteiger partial charge in [-0.3, -0.25) is 4.98 Å². The molecule has 0 fully saturated rings. The van der Waals surface area contributed by atoms with E-state index in [-0.39, 0.29) is 0 Å². The fraction of sp³-hybridized carbons (Fsp3) is 0.500. The highest BCUT2D eigenvalue weighted by Crippen LogP contribution is 2.20. The zero-order chi connectivity index (χ0) is 10.9. The summed E-state index contributed by atoms with van der Waals surface area (Å²) in [5, 5.41) is 0. The lowest BCUT2D eigenvalue weighted by molar-refractivity contribution is 0.812. The number of rotatable bonds is 6. The predicted molar refractivity (Wildman–Crippen MR) is 66.6 cm³/mol. The molecule has 0 unspecified atom stereocenters. The molecule has 1 aromatic rings. The molecule has 0 amide bonds. The fourth-order valence-corrected chi connectivity index (χ4v) is 1.68. The highest BCUT2D eigenvalue weighted by Gasteiger charge is 1.99. The third-order valence-corrected chi connectivity index (χ3v) is 2.52. The van der Waals surface area contributed by atoms with E-state index >= 15 is 0 Å². The van der Waals surface area contributed by atoms with Crippen LogP contribution < -0.4 is 0 Å². The molecule has 1 aromatic heterocycles. The zero-order valence-electron chi connectivity index (χ0n) is 9.87. The lowest BCUT2D eigenvalue weighted by atomic mass is 10.0. The Hall–Kier alpha value is -1.11. The van der Waals surface area contributed by atoms with Crippen LogP contribution in [-0.4, -0.2) is 4.98 Å². The third kappa shape index (κ3) is 4.28. The summed E-state index contributed by atoms with van der Waals surface area (Å²) in [5.41, 5.74) is 2.82. The van der Waals surface area contributed by atoms with E-state index in [1.165, 1.54) is 43.2 Å². The van der Waals surface area contributed by atoms with Crippen LogP contribution in [0.2, 0.25) is 0 Å². The standard InChI is InChI=1S/C14H21N/c1-3-5-6-8-13(7-4-2)14-9-11-15-12-10-14/h8-12H,3-7H2,1-2H3/b13-8+. The number of allylic oxidation sites excluding steroid dienone is 2. The molecule has 1 rings (SSSR count).